The Morgan fingerprint density at radius 3 is 2.55 bits per heavy atom. The summed E-state index contributed by atoms with van der Waals surface area (Å²) in [7, 11) is -3.10. The van der Waals surface area contributed by atoms with Gasteiger partial charge in [-0.3, -0.25) is 4.79 Å². The van der Waals surface area contributed by atoms with E-state index in [9.17, 15) is 23.1 Å². The third kappa shape index (κ3) is 4.42. The van der Waals surface area contributed by atoms with Crippen LogP contribution in [0.3, 0.4) is 0 Å². The van der Waals surface area contributed by atoms with Crippen molar-refractivity contribution in [2.75, 3.05) is 33.5 Å². The number of esters is 1. The molecule has 0 amide bonds. The van der Waals surface area contributed by atoms with Crippen molar-refractivity contribution in [3.05, 3.63) is 63.9 Å². The van der Waals surface area contributed by atoms with Crippen molar-refractivity contribution in [3.8, 4) is 11.5 Å². The number of aromatic nitrogens is 1. The fourth-order valence-electron chi connectivity index (χ4n) is 3.60. The molecule has 0 bridgehead atoms. The van der Waals surface area contributed by atoms with Crippen LogP contribution < -0.4 is 15.0 Å². The molecule has 4 rings (SSSR count). The number of nitrogens with one attached hydrogen (secondary N) is 1. The van der Waals surface area contributed by atoms with Gasteiger partial charge in [-0.15, -0.1) is 0 Å². The van der Waals surface area contributed by atoms with Crippen LogP contribution in [0.25, 0.3) is 10.9 Å². The summed E-state index contributed by atoms with van der Waals surface area (Å²) < 4.78 is 43.5. The van der Waals surface area contributed by atoms with Gasteiger partial charge in [0.2, 0.25) is 10.0 Å². The topological polar surface area (TPSA) is 135 Å². The van der Waals surface area contributed by atoms with Crippen LogP contribution in [0.1, 0.15) is 15.9 Å². The van der Waals surface area contributed by atoms with Crippen molar-refractivity contribution < 1.29 is 32.5 Å². The molecule has 2 heterocycles. The Kier molecular flexibility index (Phi) is 6.36. The average molecular weight is 474 g/mol. The first-order valence-corrected chi connectivity index (χ1v) is 11.5. The Hall–Kier alpha value is -3.41. The maximum atomic E-state index is 13.4. The van der Waals surface area contributed by atoms with E-state index in [2.05, 4.69) is 4.98 Å². The van der Waals surface area contributed by atoms with E-state index in [0.29, 0.717) is 35.6 Å². The van der Waals surface area contributed by atoms with Gasteiger partial charge < -0.3 is 24.3 Å². The maximum absolute atomic E-state index is 13.4. The van der Waals surface area contributed by atoms with E-state index in [1.807, 2.05) is 0 Å². The summed E-state index contributed by atoms with van der Waals surface area (Å²) in [6.07, 6.45) is 0. The predicted octanol–water partition coefficient (Wildman–Crippen LogP) is 1.27. The number of pyridine rings is 1. The van der Waals surface area contributed by atoms with E-state index < -0.39 is 28.2 Å². The number of fused-ring (bicyclic) bond motifs is 2. The second-order valence-electron chi connectivity index (χ2n) is 7.26. The third-order valence-corrected chi connectivity index (χ3v) is 7.09. The lowest BCUT2D eigenvalue weighted by Gasteiger charge is -2.22. The number of rotatable bonds is 7. The van der Waals surface area contributed by atoms with Crippen molar-refractivity contribution in [1.29, 1.82) is 0 Å². The van der Waals surface area contributed by atoms with Gasteiger partial charge in [0.05, 0.1) is 29.7 Å². The zero-order chi connectivity index (χ0) is 23.6. The molecule has 0 spiro atoms. The Bertz CT molecular complexity index is 1370. The third-order valence-electron chi connectivity index (χ3n) is 5.19. The Morgan fingerprint density at radius 2 is 1.85 bits per heavy atom. The molecular formula is C22H22N2O8S. The Labute approximate surface area is 189 Å². The second-order valence-corrected chi connectivity index (χ2v) is 9.16. The number of aliphatic hydroxyl groups is 1. The predicted molar refractivity (Wildman–Crippen MR) is 118 cm³/mol. The monoisotopic (exact) mass is 474 g/mol. The number of H-pyrrole nitrogens is 1. The van der Waals surface area contributed by atoms with E-state index in [4.69, 9.17) is 14.2 Å². The molecule has 10 nitrogen and oxygen atoms in total. The number of aliphatic hydroxyl groups excluding tert-OH is 1. The molecule has 2 aromatic carbocycles. The van der Waals surface area contributed by atoms with Crippen molar-refractivity contribution in [2.45, 2.75) is 11.4 Å². The zero-order valence-electron chi connectivity index (χ0n) is 17.7. The molecule has 0 radical (unpaired) electrons. The molecule has 1 aliphatic heterocycles. The molecule has 0 unspecified atom stereocenters. The van der Waals surface area contributed by atoms with Crippen LogP contribution in [-0.4, -0.2) is 62.3 Å². The number of aromatic amines is 1. The summed E-state index contributed by atoms with van der Waals surface area (Å²) in [6.45, 7) is -0.281. The van der Waals surface area contributed by atoms with Crippen LogP contribution >= 0.6 is 0 Å². The highest BCUT2D eigenvalue weighted by Crippen LogP contribution is 2.34. The molecule has 33 heavy (non-hydrogen) atoms. The van der Waals surface area contributed by atoms with Gasteiger partial charge >= 0.3 is 5.97 Å². The number of ether oxygens (including phenoxy) is 3. The smallest absolute Gasteiger partial charge is 0.339 e. The minimum absolute atomic E-state index is 0.140. The molecule has 0 aliphatic carbocycles. The lowest BCUT2D eigenvalue weighted by molar-refractivity contribution is 0.0596. The fraction of sp³-hybridized carbons (Fsp3) is 0.273. The normalized spacial score (nSPS) is 13.3. The number of benzene rings is 2. The Balaban J connectivity index is 1.75. The van der Waals surface area contributed by atoms with Gasteiger partial charge in [-0.05, 0) is 24.3 Å². The molecule has 0 fully saturated rings. The van der Waals surface area contributed by atoms with Gasteiger partial charge in [0.1, 0.15) is 13.2 Å². The van der Waals surface area contributed by atoms with Crippen LogP contribution in [0, 0.1) is 0 Å². The molecule has 0 saturated heterocycles. The lowest BCUT2D eigenvalue weighted by atomic mass is 10.1. The van der Waals surface area contributed by atoms with Gasteiger partial charge in [0.25, 0.3) is 5.56 Å². The molecule has 2 N–H and O–H groups in total. The number of carbonyl (C=O) groups is 1. The van der Waals surface area contributed by atoms with Crippen LogP contribution in [0.15, 0.2) is 52.2 Å². The first-order chi connectivity index (χ1) is 15.8. The number of carbonyl (C=O) groups excluding carboxylic acids is 1. The molecule has 1 aromatic heterocycles. The van der Waals surface area contributed by atoms with Crippen molar-refractivity contribution in [1.82, 2.24) is 9.29 Å². The number of hydrogen-bond donors (Lipinski definition) is 2. The number of nitrogens with zero attached hydrogens (tertiary/aromatic N) is 1. The SMILES string of the molecule is COC(=O)c1ccccc1S(=O)(=O)N(CCO)Cc1cc2cc3c(cc2[nH]c1=O)OCCO3. The largest absolute Gasteiger partial charge is 0.486 e. The van der Waals surface area contributed by atoms with Gasteiger partial charge in [-0.1, -0.05) is 12.1 Å². The maximum Gasteiger partial charge on any atom is 0.339 e. The van der Waals surface area contributed by atoms with Crippen molar-refractivity contribution in [2.24, 2.45) is 0 Å². The Morgan fingerprint density at radius 1 is 1.15 bits per heavy atom. The molecular weight excluding hydrogens is 452 g/mol. The van der Waals surface area contributed by atoms with Gasteiger partial charge in [-0.2, -0.15) is 4.31 Å². The molecule has 174 valence electrons. The summed E-state index contributed by atoms with van der Waals surface area (Å²) in [5.41, 5.74) is 0.0464. The first-order valence-electron chi connectivity index (χ1n) is 10.1. The lowest BCUT2D eigenvalue weighted by Crippen LogP contribution is -2.35. The molecule has 0 saturated carbocycles. The van der Waals surface area contributed by atoms with Crippen LogP contribution in [0.5, 0.6) is 11.5 Å². The second kappa shape index (κ2) is 9.22. The van der Waals surface area contributed by atoms with Crippen LogP contribution in [-0.2, 0) is 21.3 Å². The fourth-order valence-corrected chi connectivity index (χ4v) is 5.19. The van der Waals surface area contributed by atoms with E-state index >= 15 is 0 Å². The van der Waals surface area contributed by atoms with Crippen molar-refractivity contribution in [3.63, 3.8) is 0 Å². The van der Waals surface area contributed by atoms with Crippen LogP contribution in [0.2, 0.25) is 0 Å². The summed E-state index contributed by atoms with van der Waals surface area (Å²) in [4.78, 5) is 27.3. The molecule has 1 aliphatic rings. The summed E-state index contributed by atoms with van der Waals surface area (Å²) in [5, 5.41) is 10.1. The number of methoxy groups -OCH3 is 1. The minimum Gasteiger partial charge on any atom is -0.486 e. The van der Waals surface area contributed by atoms with E-state index in [-0.39, 0.29) is 29.1 Å². The van der Waals surface area contributed by atoms with E-state index in [1.54, 1.807) is 18.2 Å². The molecule has 11 heteroatoms. The van der Waals surface area contributed by atoms with E-state index in [1.165, 1.54) is 24.3 Å². The van der Waals surface area contributed by atoms with Crippen LogP contribution in [0.4, 0.5) is 0 Å². The van der Waals surface area contributed by atoms with Gasteiger partial charge in [0.15, 0.2) is 11.5 Å². The highest BCUT2D eigenvalue weighted by atomic mass is 32.2. The van der Waals surface area contributed by atoms with Gasteiger partial charge in [0, 0.05) is 30.1 Å². The standard InChI is InChI=1S/C22H22N2O8S/c1-30-22(27)16-4-2-3-5-20(16)33(28,29)24(6-7-25)13-15-10-14-11-18-19(32-9-8-31-18)12-17(14)23-21(15)26/h2-5,10-12,25H,6-9,13H2,1H3,(H,23,26). The van der Waals surface area contributed by atoms with Gasteiger partial charge in [-0.25, -0.2) is 13.2 Å². The summed E-state index contributed by atoms with van der Waals surface area (Å²) in [6, 6.07) is 10.5. The van der Waals surface area contributed by atoms with E-state index in [0.717, 1.165) is 11.4 Å². The number of hydrogen-bond acceptors (Lipinski definition) is 8. The number of sulfonamides is 1. The summed E-state index contributed by atoms with van der Waals surface area (Å²) in [5.74, 6) is 0.230. The summed E-state index contributed by atoms with van der Waals surface area (Å²) >= 11 is 0. The molecule has 3 aromatic rings. The highest BCUT2D eigenvalue weighted by Gasteiger charge is 2.30. The zero-order valence-corrected chi connectivity index (χ0v) is 18.6. The van der Waals surface area contributed by atoms with Crippen molar-refractivity contribution >= 4 is 26.9 Å². The minimum atomic E-state index is -4.26. The average Bonchev–Trinajstić information content (AvgIpc) is 2.82. The highest BCUT2D eigenvalue weighted by molar-refractivity contribution is 7.89. The quantitative estimate of drug-likeness (QED) is 0.489. The molecule has 0 atom stereocenters. The first kappa shape index (κ1) is 22.8.